The minimum atomic E-state index is -0.146. The van der Waals surface area contributed by atoms with Crippen LogP contribution in [0, 0.1) is 0 Å². The maximum absolute atomic E-state index is 12.6. The first-order chi connectivity index (χ1) is 15.2. The van der Waals surface area contributed by atoms with E-state index < -0.39 is 0 Å². The third kappa shape index (κ3) is 5.13. The van der Waals surface area contributed by atoms with Gasteiger partial charge in [0.2, 0.25) is 5.91 Å². The van der Waals surface area contributed by atoms with E-state index in [9.17, 15) is 4.79 Å². The summed E-state index contributed by atoms with van der Waals surface area (Å²) in [4.78, 5) is 12.6. The number of ether oxygens (including phenoxy) is 1. The van der Waals surface area contributed by atoms with E-state index >= 15 is 0 Å². The number of carbonyl (C=O) groups is 1. The molecule has 0 aliphatic carbocycles. The van der Waals surface area contributed by atoms with Crippen LogP contribution in [0.1, 0.15) is 12.5 Å². The number of amides is 1. The number of aromatic nitrogens is 3. The van der Waals surface area contributed by atoms with E-state index in [0.29, 0.717) is 22.3 Å². The summed E-state index contributed by atoms with van der Waals surface area (Å²) in [5.74, 6) is 1.35. The molecular weight excluding hydrogens is 408 g/mol. The van der Waals surface area contributed by atoms with Crippen LogP contribution in [-0.4, -0.2) is 26.4 Å². The Labute approximate surface area is 185 Å². The highest BCUT2D eigenvalue weighted by Gasteiger charge is 2.13. The number of anilines is 1. The first-order valence-electron chi connectivity index (χ1n) is 9.97. The molecule has 0 saturated carbocycles. The van der Waals surface area contributed by atoms with Crippen molar-refractivity contribution in [3.8, 4) is 17.2 Å². The van der Waals surface area contributed by atoms with E-state index in [0.717, 1.165) is 12.1 Å². The van der Waals surface area contributed by atoms with Gasteiger partial charge in [0.1, 0.15) is 12.1 Å². The fourth-order valence-corrected chi connectivity index (χ4v) is 3.85. The molecular formula is C24H22N4O2S. The highest BCUT2D eigenvalue weighted by atomic mass is 32.2. The molecule has 7 heteroatoms. The van der Waals surface area contributed by atoms with Crippen LogP contribution in [0.4, 0.5) is 5.69 Å². The van der Waals surface area contributed by atoms with Gasteiger partial charge in [-0.2, -0.15) is 0 Å². The van der Waals surface area contributed by atoms with Gasteiger partial charge in [0.25, 0.3) is 0 Å². The van der Waals surface area contributed by atoms with Crippen molar-refractivity contribution in [1.82, 2.24) is 14.8 Å². The number of para-hydroxylation sites is 4. The molecule has 0 saturated heterocycles. The molecule has 0 aliphatic heterocycles. The smallest absolute Gasteiger partial charge is 0.234 e. The summed E-state index contributed by atoms with van der Waals surface area (Å²) in [6, 6.07) is 25.0. The lowest BCUT2D eigenvalue weighted by molar-refractivity contribution is -0.113. The summed E-state index contributed by atoms with van der Waals surface area (Å²) in [5, 5.41) is 11.8. The number of rotatable bonds is 8. The second-order valence-electron chi connectivity index (χ2n) is 6.71. The molecule has 0 radical (unpaired) electrons. The molecule has 3 aromatic carbocycles. The third-order valence-corrected chi connectivity index (χ3v) is 5.56. The SMILES string of the molecule is CCc1ccccc1-n1cnnc1SCC(=O)Nc1ccccc1Oc1ccccc1. The van der Waals surface area contributed by atoms with Gasteiger partial charge in [0.05, 0.1) is 17.1 Å². The Hall–Kier alpha value is -3.58. The average Bonchev–Trinajstić information content (AvgIpc) is 3.28. The molecule has 0 bridgehead atoms. The van der Waals surface area contributed by atoms with E-state index in [4.69, 9.17) is 4.74 Å². The topological polar surface area (TPSA) is 69.0 Å². The van der Waals surface area contributed by atoms with Crippen molar-refractivity contribution in [1.29, 1.82) is 0 Å². The van der Waals surface area contributed by atoms with Crippen LogP contribution >= 0.6 is 11.8 Å². The van der Waals surface area contributed by atoms with Crippen molar-refractivity contribution >= 4 is 23.4 Å². The number of aryl methyl sites for hydroxylation is 1. The fourth-order valence-electron chi connectivity index (χ4n) is 3.12. The highest BCUT2D eigenvalue weighted by Crippen LogP contribution is 2.29. The Bertz CT molecular complexity index is 1160. The predicted octanol–water partition coefficient (Wildman–Crippen LogP) is 5.35. The third-order valence-electron chi connectivity index (χ3n) is 4.61. The molecule has 31 heavy (non-hydrogen) atoms. The Morgan fingerprint density at radius 2 is 1.74 bits per heavy atom. The summed E-state index contributed by atoms with van der Waals surface area (Å²) >= 11 is 1.34. The van der Waals surface area contributed by atoms with Gasteiger partial charge in [0, 0.05) is 0 Å². The van der Waals surface area contributed by atoms with Gasteiger partial charge in [0.15, 0.2) is 10.9 Å². The van der Waals surface area contributed by atoms with Gasteiger partial charge in [-0.1, -0.05) is 67.2 Å². The molecule has 0 unspecified atom stereocenters. The Morgan fingerprint density at radius 1 is 1.00 bits per heavy atom. The number of benzene rings is 3. The maximum Gasteiger partial charge on any atom is 0.234 e. The summed E-state index contributed by atoms with van der Waals surface area (Å²) in [6.07, 6.45) is 2.58. The van der Waals surface area contributed by atoms with Gasteiger partial charge in [-0.25, -0.2) is 0 Å². The van der Waals surface area contributed by atoms with Crippen LogP contribution in [0.5, 0.6) is 11.5 Å². The predicted molar refractivity (Wildman–Crippen MR) is 123 cm³/mol. The van der Waals surface area contributed by atoms with Gasteiger partial charge in [-0.15, -0.1) is 10.2 Å². The number of nitrogens with zero attached hydrogens (tertiary/aromatic N) is 3. The molecule has 1 heterocycles. The van der Waals surface area contributed by atoms with E-state index in [1.165, 1.54) is 17.3 Å². The zero-order valence-corrected chi connectivity index (χ0v) is 17.9. The lowest BCUT2D eigenvalue weighted by atomic mass is 10.1. The molecule has 6 nitrogen and oxygen atoms in total. The molecule has 1 amide bonds. The van der Waals surface area contributed by atoms with Gasteiger partial charge in [-0.3, -0.25) is 9.36 Å². The molecule has 0 aliphatic rings. The Balaban J connectivity index is 1.43. The molecule has 1 aromatic heterocycles. The number of hydrogen-bond donors (Lipinski definition) is 1. The van der Waals surface area contributed by atoms with Crippen molar-refractivity contribution in [2.45, 2.75) is 18.5 Å². The Kier molecular flexibility index (Phi) is 6.64. The molecule has 0 spiro atoms. The largest absolute Gasteiger partial charge is 0.455 e. The number of hydrogen-bond acceptors (Lipinski definition) is 5. The molecule has 0 fully saturated rings. The molecule has 0 atom stereocenters. The first-order valence-corrected chi connectivity index (χ1v) is 11.0. The van der Waals surface area contributed by atoms with E-state index in [1.807, 2.05) is 77.4 Å². The highest BCUT2D eigenvalue weighted by molar-refractivity contribution is 7.99. The Morgan fingerprint density at radius 3 is 2.58 bits per heavy atom. The van der Waals surface area contributed by atoms with Crippen molar-refractivity contribution in [2.75, 3.05) is 11.1 Å². The first kappa shape index (κ1) is 20.7. The molecule has 1 N–H and O–H groups in total. The number of carbonyl (C=O) groups excluding carboxylic acids is 1. The lowest BCUT2D eigenvalue weighted by Gasteiger charge is -2.13. The van der Waals surface area contributed by atoms with Crippen molar-refractivity contribution in [3.63, 3.8) is 0 Å². The average molecular weight is 431 g/mol. The summed E-state index contributed by atoms with van der Waals surface area (Å²) < 4.78 is 7.84. The quantitative estimate of drug-likeness (QED) is 0.382. The van der Waals surface area contributed by atoms with Crippen LogP contribution in [0.2, 0.25) is 0 Å². The summed E-state index contributed by atoms with van der Waals surface area (Å²) in [5.41, 5.74) is 2.84. The second kappa shape index (κ2) is 9.95. The van der Waals surface area contributed by atoms with Crippen LogP contribution in [0.25, 0.3) is 5.69 Å². The number of nitrogens with one attached hydrogen (secondary N) is 1. The van der Waals surface area contributed by atoms with Crippen LogP contribution < -0.4 is 10.1 Å². The van der Waals surface area contributed by atoms with Crippen molar-refractivity contribution in [2.24, 2.45) is 0 Å². The summed E-state index contributed by atoms with van der Waals surface area (Å²) in [7, 11) is 0. The van der Waals surface area contributed by atoms with Gasteiger partial charge >= 0.3 is 0 Å². The van der Waals surface area contributed by atoms with Gasteiger partial charge in [-0.05, 0) is 42.3 Å². The monoisotopic (exact) mass is 430 g/mol. The van der Waals surface area contributed by atoms with Crippen molar-refractivity contribution < 1.29 is 9.53 Å². The fraction of sp³-hybridized carbons (Fsp3) is 0.125. The van der Waals surface area contributed by atoms with Crippen LogP contribution in [0.15, 0.2) is 90.3 Å². The standard InChI is InChI=1S/C24H22N4O2S/c1-2-18-10-6-8-14-21(18)28-17-25-27-24(28)31-16-23(29)26-20-13-7-9-15-22(20)30-19-11-4-3-5-12-19/h3-15,17H,2,16H2,1H3,(H,26,29). The van der Waals surface area contributed by atoms with Crippen LogP contribution in [0.3, 0.4) is 0 Å². The summed E-state index contributed by atoms with van der Waals surface area (Å²) in [6.45, 7) is 2.11. The van der Waals surface area contributed by atoms with E-state index in [-0.39, 0.29) is 11.7 Å². The zero-order valence-electron chi connectivity index (χ0n) is 17.1. The minimum absolute atomic E-state index is 0.146. The molecule has 4 rings (SSSR count). The molecule has 156 valence electrons. The zero-order chi connectivity index (χ0) is 21.5. The lowest BCUT2D eigenvalue weighted by Crippen LogP contribution is -2.15. The van der Waals surface area contributed by atoms with Crippen LogP contribution in [-0.2, 0) is 11.2 Å². The normalized spacial score (nSPS) is 10.6. The van der Waals surface area contributed by atoms with E-state index in [1.54, 1.807) is 6.33 Å². The second-order valence-corrected chi connectivity index (χ2v) is 7.66. The van der Waals surface area contributed by atoms with Gasteiger partial charge < -0.3 is 10.1 Å². The minimum Gasteiger partial charge on any atom is -0.455 e. The van der Waals surface area contributed by atoms with E-state index in [2.05, 4.69) is 28.5 Å². The molecule has 4 aromatic rings. The maximum atomic E-state index is 12.6. The number of thioether (sulfide) groups is 1. The van der Waals surface area contributed by atoms with Crippen molar-refractivity contribution in [3.05, 3.63) is 90.8 Å².